The van der Waals surface area contributed by atoms with E-state index in [-0.39, 0.29) is 40.8 Å². The van der Waals surface area contributed by atoms with E-state index in [4.69, 9.17) is 28.4 Å². The van der Waals surface area contributed by atoms with E-state index in [1.807, 2.05) is 0 Å². The van der Waals surface area contributed by atoms with Gasteiger partial charge in [0.25, 0.3) is 0 Å². The van der Waals surface area contributed by atoms with Crippen molar-refractivity contribution in [2.24, 2.45) is 52.3 Å². The van der Waals surface area contributed by atoms with E-state index in [0.29, 0.717) is 48.7 Å². The number of hydrogen-bond donors (Lipinski definition) is 7. The van der Waals surface area contributed by atoms with Crippen molar-refractivity contribution in [3.63, 3.8) is 0 Å². The molecule has 2 unspecified atom stereocenters. The summed E-state index contributed by atoms with van der Waals surface area (Å²) >= 11 is 0. The van der Waals surface area contributed by atoms with Gasteiger partial charge in [0.15, 0.2) is 18.4 Å². The Kier molecular flexibility index (Phi) is 10.5. The average molecular weight is 755 g/mol. The Morgan fingerprint density at radius 3 is 2.17 bits per heavy atom. The number of ether oxygens (including phenoxy) is 6. The van der Waals surface area contributed by atoms with Gasteiger partial charge in [-0.3, -0.25) is 4.79 Å². The number of aliphatic hydroxyl groups is 7. The van der Waals surface area contributed by atoms with E-state index in [9.17, 15) is 40.5 Å². The maximum atomic E-state index is 14.5. The smallest absolute Gasteiger partial charge is 0.187 e. The number of ketones is 1. The molecule has 7 N–H and O–H groups in total. The molecule has 0 amide bonds. The van der Waals surface area contributed by atoms with Crippen LogP contribution in [0.25, 0.3) is 0 Å². The summed E-state index contributed by atoms with van der Waals surface area (Å²) < 4.78 is 36.8. The summed E-state index contributed by atoms with van der Waals surface area (Å²) in [6, 6.07) is 0. The SMILES string of the molecule is C[C@@H]1CC[C@@]2(OC1)OC1C[C@H]3[C@@H]4CC[C@H]5C[C@@H](O[C@@H]6O[C@H](CO)[C@@H](O[C@@H]7O[C@H](CO)[C@H](O)[C@H](O)[C@H]7O)[C@H](O)[C@H]6O)CC[C@]5(C)[C@H]4C(=O)C[C@]3(C)C1[C@@H]2C. The van der Waals surface area contributed by atoms with E-state index >= 15 is 0 Å². The third-order valence-electron chi connectivity index (χ3n) is 15.9. The Bertz CT molecular complexity index is 1340. The van der Waals surface area contributed by atoms with Crippen LogP contribution in [0.15, 0.2) is 0 Å². The molecular weight excluding hydrogens is 692 g/mol. The molecule has 14 nitrogen and oxygen atoms in total. The van der Waals surface area contributed by atoms with Crippen molar-refractivity contribution in [2.75, 3.05) is 19.8 Å². The van der Waals surface area contributed by atoms with E-state index in [1.165, 1.54) is 0 Å². The molecule has 4 heterocycles. The second kappa shape index (κ2) is 14.2. The number of rotatable bonds is 6. The quantitative estimate of drug-likeness (QED) is 0.185. The van der Waals surface area contributed by atoms with Crippen molar-refractivity contribution in [1.29, 1.82) is 0 Å². The lowest BCUT2D eigenvalue weighted by atomic mass is 9.44. The van der Waals surface area contributed by atoms with Crippen LogP contribution in [0.3, 0.4) is 0 Å². The van der Waals surface area contributed by atoms with Gasteiger partial charge >= 0.3 is 0 Å². The molecule has 8 aliphatic rings. The number of hydrogen-bond acceptors (Lipinski definition) is 14. The Balaban J connectivity index is 0.911. The van der Waals surface area contributed by atoms with Gasteiger partial charge in [0.1, 0.15) is 54.6 Å². The molecule has 4 saturated heterocycles. The van der Waals surface area contributed by atoms with E-state index < -0.39 is 80.4 Å². The van der Waals surface area contributed by atoms with Gasteiger partial charge in [0.05, 0.1) is 32.0 Å². The van der Waals surface area contributed by atoms with Gasteiger partial charge in [-0.25, -0.2) is 0 Å². The first-order valence-electron chi connectivity index (χ1n) is 20.2. The molecule has 0 bridgehead atoms. The van der Waals surface area contributed by atoms with Crippen molar-refractivity contribution in [1.82, 2.24) is 0 Å². The fourth-order valence-corrected chi connectivity index (χ4v) is 13.0. The largest absolute Gasteiger partial charge is 0.394 e. The molecule has 53 heavy (non-hydrogen) atoms. The van der Waals surface area contributed by atoms with Crippen LogP contribution in [0.4, 0.5) is 0 Å². The summed E-state index contributed by atoms with van der Waals surface area (Å²) in [5.41, 5.74) is -0.288. The van der Waals surface area contributed by atoms with Gasteiger partial charge < -0.3 is 64.2 Å². The summed E-state index contributed by atoms with van der Waals surface area (Å²) in [6.45, 7) is 8.63. The van der Waals surface area contributed by atoms with Crippen LogP contribution >= 0.6 is 0 Å². The van der Waals surface area contributed by atoms with Crippen LogP contribution in [0, 0.1) is 52.3 Å². The van der Waals surface area contributed by atoms with Crippen molar-refractivity contribution in [2.45, 2.75) is 165 Å². The maximum absolute atomic E-state index is 14.5. The summed E-state index contributed by atoms with van der Waals surface area (Å²) in [7, 11) is 0. The first-order chi connectivity index (χ1) is 25.2. The van der Waals surface area contributed by atoms with Crippen molar-refractivity contribution in [3.05, 3.63) is 0 Å². The summed E-state index contributed by atoms with van der Waals surface area (Å²) in [5.74, 6) is 1.91. The van der Waals surface area contributed by atoms with Crippen LogP contribution in [-0.2, 0) is 33.2 Å². The van der Waals surface area contributed by atoms with Crippen molar-refractivity contribution < 1.29 is 69.0 Å². The minimum Gasteiger partial charge on any atom is -0.394 e. The van der Waals surface area contributed by atoms with Gasteiger partial charge in [-0.05, 0) is 85.4 Å². The molecule has 0 aromatic carbocycles. The van der Waals surface area contributed by atoms with Crippen LogP contribution < -0.4 is 0 Å². The summed E-state index contributed by atoms with van der Waals surface area (Å²) in [6.07, 6.45) is -7.48. The zero-order valence-corrected chi connectivity index (χ0v) is 31.4. The average Bonchev–Trinajstić information content (AvgIpc) is 3.57. The van der Waals surface area contributed by atoms with Gasteiger partial charge in [0, 0.05) is 24.7 Å². The zero-order valence-electron chi connectivity index (χ0n) is 31.4. The molecule has 8 rings (SSSR count). The molecule has 4 saturated carbocycles. The minimum absolute atomic E-state index is 0.0208. The molecule has 0 radical (unpaired) electrons. The van der Waals surface area contributed by atoms with Crippen LogP contribution in [0.5, 0.6) is 0 Å². The highest BCUT2D eigenvalue weighted by atomic mass is 16.7. The first-order valence-corrected chi connectivity index (χ1v) is 20.2. The van der Waals surface area contributed by atoms with Gasteiger partial charge in [-0.2, -0.15) is 0 Å². The lowest BCUT2D eigenvalue weighted by Crippen LogP contribution is -2.65. The Morgan fingerprint density at radius 1 is 0.774 bits per heavy atom. The normalized spacial score (nSPS) is 58.2. The molecule has 0 aromatic heterocycles. The van der Waals surface area contributed by atoms with Gasteiger partial charge in [-0.15, -0.1) is 0 Å². The maximum Gasteiger partial charge on any atom is 0.187 e. The van der Waals surface area contributed by atoms with Crippen molar-refractivity contribution in [3.8, 4) is 0 Å². The standard InChI is InChI=1S/C39H62O14/c1-17-7-10-39(48-16-17)18(2)27-24(53-39)12-22-21-6-5-19-11-20(8-9-37(19,3)28(21)23(42)13-38(22,27)4)49-35-33(47)31(45)34(26(15-41)51-35)52-36-32(46)30(44)29(43)25(14-40)50-36/h17-22,24-36,40-41,43-47H,5-16H2,1-4H3/t17-,18+,19+,20+,21+,22+,24?,25-,26-,27?,28-,29+,30+,31-,32-,33-,34-,35-,36+,37+,38+,39-/m1/s1. The van der Waals surface area contributed by atoms with Gasteiger partial charge in [0.2, 0.25) is 0 Å². The number of aliphatic hydroxyl groups excluding tert-OH is 7. The molecule has 14 heteroatoms. The number of fused-ring (bicyclic) bond motifs is 7. The molecule has 0 aromatic rings. The van der Waals surface area contributed by atoms with Crippen molar-refractivity contribution >= 4 is 5.78 Å². The Labute approximate surface area is 311 Å². The number of carbonyl (C=O) groups is 1. The highest BCUT2D eigenvalue weighted by Gasteiger charge is 2.71. The fraction of sp³-hybridized carbons (Fsp3) is 0.974. The highest BCUT2D eigenvalue weighted by molar-refractivity contribution is 5.84. The third kappa shape index (κ3) is 6.12. The van der Waals surface area contributed by atoms with E-state index in [0.717, 1.165) is 45.1 Å². The van der Waals surface area contributed by atoms with Crippen LogP contribution in [0.1, 0.15) is 85.5 Å². The fourth-order valence-electron chi connectivity index (χ4n) is 13.0. The molecule has 22 atom stereocenters. The summed E-state index contributed by atoms with van der Waals surface area (Å²) in [4.78, 5) is 14.5. The third-order valence-corrected chi connectivity index (χ3v) is 15.9. The Hall–Kier alpha value is -0.850. The zero-order chi connectivity index (χ0) is 37.8. The molecular formula is C39H62O14. The molecule has 8 fully saturated rings. The predicted octanol–water partition coefficient (Wildman–Crippen LogP) is 0.621. The second-order valence-corrected chi connectivity index (χ2v) is 18.7. The number of carbonyl (C=O) groups excluding carboxylic acids is 1. The lowest BCUT2D eigenvalue weighted by Gasteiger charge is -2.60. The molecule has 302 valence electrons. The first kappa shape index (κ1) is 39.0. The topological polar surface area (TPSA) is 214 Å². The second-order valence-electron chi connectivity index (χ2n) is 18.7. The Morgan fingerprint density at radius 2 is 1.47 bits per heavy atom. The van der Waals surface area contributed by atoms with Crippen LogP contribution in [0.2, 0.25) is 0 Å². The van der Waals surface area contributed by atoms with E-state index in [1.54, 1.807) is 0 Å². The van der Waals surface area contributed by atoms with E-state index in [2.05, 4.69) is 27.7 Å². The summed E-state index contributed by atoms with van der Waals surface area (Å²) in [5, 5.41) is 72.7. The van der Waals surface area contributed by atoms with Gasteiger partial charge in [-0.1, -0.05) is 27.7 Å². The van der Waals surface area contributed by atoms with Crippen LogP contribution in [-0.4, -0.2) is 141 Å². The highest BCUT2D eigenvalue weighted by Crippen LogP contribution is 2.70. The lowest BCUT2D eigenvalue weighted by molar-refractivity contribution is -0.364. The minimum atomic E-state index is -1.74. The number of Topliss-reactive ketones (excluding diaryl/α,β-unsaturated/α-hetero) is 1. The monoisotopic (exact) mass is 754 g/mol. The molecule has 4 aliphatic heterocycles. The predicted molar refractivity (Wildman–Crippen MR) is 183 cm³/mol. The molecule has 4 aliphatic carbocycles. The molecule has 1 spiro atoms.